The first-order chi connectivity index (χ1) is 5.87. The predicted octanol–water partition coefficient (Wildman–Crippen LogP) is 2.25. The van der Waals surface area contributed by atoms with Crippen LogP contribution >= 0.6 is 15.9 Å². The summed E-state index contributed by atoms with van der Waals surface area (Å²) in [7, 11) is 0. The molecule has 13 heavy (non-hydrogen) atoms. The third-order valence-corrected chi connectivity index (χ3v) is 1.32. The molecule has 0 radical (unpaired) electrons. The molecule has 4 heteroatoms. The minimum atomic E-state index is -0.501. The van der Waals surface area contributed by atoms with Gasteiger partial charge in [0.05, 0.1) is 10.9 Å². The van der Waals surface area contributed by atoms with Gasteiger partial charge in [-0.15, -0.1) is 0 Å². The summed E-state index contributed by atoms with van der Waals surface area (Å²) >= 11 is 3.38. The van der Waals surface area contributed by atoms with Crippen LogP contribution in [0, 0.1) is 0 Å². The Morgan fingerprint density at radius 2 is 2.00 bits per heavy atom. The Hall–Kier alpha value is -0.510. The number of hydrogen-bond donors (Lipinski definition) is 0. The zero-order chi connectivity index (χ0) is 10.5. The molecule has 0 aromatic heterocycles. The smallest absolute Gasteiger partial charge is 0.372 e. The fraction of sp³-hybridized carbons (Fsp3) is 0.667. The second-order valence-corrected chi connectivity index (χ2v) is 5.30. The Bertz CT molecular complexity index is 194. The molecule has 0 aromatic rings. The number of ether oxygens (including phenoxy) is 2. The summed E-state index contributed by atoms with van der Waals surface area (Å²) in [4.78, 5) is 11.0. The maximum Gasteiger partial charge on any atom is 0.372 e. The van der Waals surface area contributed by atoms with Crippen LogP contribution in [-0.2, 0) is 14.3 Å². The van der Waals surface area contributed by atoms with Crippen molar-refractivity contribution in [1.82, 2.24) is 0 Å². The lowest BCUT2D eigenvalue weighted by Crippen LogP contribution is -2.20. The fourth-order valence-corrected chi connectivity index (χ4v) is 0.644. The Kier molecular flexibility index (Phi) is 5.06. The standard InChI is InChI=1S/C9H15BrO3/c1-5-12-8(11)7(2)13-6-9(3,4)10/h2,5-6H2,1,3-4H3. The van der Waals surface area contributed by atoms with Crippen LogP contribution in [0.2, 0.25) is 0 Å². The highest BCUT2D eigenvalue weighted by atomic mass is 79.9. The molecule has 0 bridgehead atoms. The van der Waals surface area contributed by atoms with Gasteiger partial charge in [0.2, 0.25) is 0 Å². The van der Waals surface area contributed by atoms with E-state index in [0.29, 0.717) is 13.2 Å². The average molecular weight is 251 g/mol. The molecule has 0 amide bonds. The van der Waals surface area contributed by atoms with E-state index in [-0.39, 0.29) is 10.1 Å². The van der Waals surface area contributed by atoms with E-state index in [4.69, 9.17) is 9.47 Å². The molecule has 0 fully saturated rings. The lowest BCUT2D eigenvalue weighted by Gasteiger charge is -2.17. The number of rotatable bonds is 5. The second kappa shape index (κ2) is 5.27. The molecular weight excluding hydrogens is 236 g/mol. The lowest BCUT2D eigenvalue weighted by molar-refractivity contribution is -0.142. The molecule has 0 spiro atoms. The topological polar surface area (TPSA) is 35.5 Å². The number of esters is 1. The van der Waals surface area contributed by atoms with Gasteiger partial charge in [-0.1, -0.05) is 15.9 Å². The monoisotopic (exact) mass is 250 g/mol. The minimum Gasteiger partial charge on any atom is -0.485 e. The second-order valence-electron chi connectivity index (χ2n) is 3.15. The van der Waals surface area contributed by atoms with Gasteiger partial charge in [-0.05, 0) is 27.4 Å². The van der Waals surface area contributed by atoms with Crippen molar-refractivity contribution in [2.45, 2.75) is 25.1 Å². The van der Waals surface area contributed by atoms with Gasteiger partial charge in [0.25, 0.3) is 0 Å². The van der Waals surface area contributed by atoms with E-state index < -0.39 is 5.97 Å². The summed E-state index contributed by atoms with van der Waals surface area (Å²) in [5.41, 5.74) is 0. The van der Waals surface area contributed by atoms with Gasteiger partial charge in [-0.25, -0.2) is 4.79 Å². The zero-order valence-electron chi connectivity index (χ0n) is 8.22. The largest absolute Gasteiger partial charge is 0.485 e. The molecule has 0 heterocycles. The van der Waals surface area contributed by atoms with Gasteiger partial charge in [-0.3, -0.25) is 0 Å². The normalized spacial score (nSPS) is 10.8. The van der Waals surface area contributed by atoms with Crippen LogP contribution in [0.1, 0.15) is 20.8 Å². The van der Waals surface area contributed by atoms with E-state index in [2.05, 4.69) is 22.5 Å². The van der Waals surface area contributed by atoms with E-state index in [0.717, 1.165) is 0 Å². The molecule has 0 saturated heterocycles. The van der Waals surface area contributed by atoms with Gasteiger partial charge < -0.3 is 9.47 Å². The van der Waals surface area contributed by atoms with E-state index >= 15 is 0 Å². The molecule has 0 aliphatic carbocycles. The van der Waals surface area contributed by atoms with Crippen molar-refractivity contribution in [3.63, 3.8) is 0 Å². The molecule has 0 aliphatic heterocycles. The number of carbonyl (C=O) groups is 1. The summed E-state index contributed by atoms with van der Waals surface area (Å²) in [5.74, 6) is -0.450. The third kappa shape index (κ3) is 6.63. The van der Waals surface area contributed by atoms with Crippen molar-refractivity contribution < 1.29 is 14.3 Å². The van der Waals surface area contributed by atoms with Crippen LogP contribution in [0.25, 0.3) is 0 Å². The van der Waals surface area contributed by atoms with Gasteiger partial charge in [0.15, 0.2) is 5.76 Å². The average Bonchev–Trinajstić information content (AvgIpc) is 1.99. The third-order valence-electron chi connectivity index (χ3n) is 1.09. The highest BCUT2D eigenvalue weighted by molar-refractivity contribution is 9.10. The molecule has 0 aromatic carbocycles. The molecule has 3 nitrogen and oxygen atoms in total. The van der Waals surface area contributed by atoms with E-state index in [9.17, 15) is 4.79 Å². The summed E-state index contributed by atoms with van der Waals surface area (Å²) < 4.78 is 9.63. The molecule has 0 atom stereocenters. The Morgan fingerprint density at radius 1 is 1.46 bits per heavy atom. The zero-order valence-corrected chi connectivity index (χ0v) is 9.81. The maximum absolute atomic E-state index is 11.0. The molecule has 0 aliphatic rings. The number of carbonyl (C=O) groups excluding carboxylic acids is 1. The molecular formula is C9H15BrO3. The highest BCUT2D eigenvalue weighted by Crippen LogP contribution is 2.17. The number of halogens is 1. The van der Waals surface area contributed by atoms with E-state index in [1.165, 1.54) is 0 Å². The van der Waals surface area contributed by atoms with Crippen molar-refractivity contribution in [2.24, 2.45) is 0 Å². The van der Waals surface area contributed by atoms with Crippen molar-refractivity contribution in [3.05, 3.63) is 12.3 Å². The number of hydrogen-bond acceptors (Lipinski definition) is 3. The van der Waals surface area contributed by atoms with Gasteiger partial charge in [0.1, 0.15) is 6.61 Å². The predicted molar refractivity (Wildman–Crippen MR) is 54.7 cm³/mol. The first-order valence-corrected chi connectivity index (χ1v) is 4.84. The van der Waals surface area contributed by atoms with Crippen molar-refractivity contribution in [3.8, 4) is 0 Å². The fourth-order valence-electron chi connectivity index (χ4n) is 0.529. The van der Waals surface area contributed by atoms with Crippen molar-refractivity contribution in [1.29, 1.82) is 0 Å². The summed E-state index contributed by atoms with van der Waals surface area (Å²) in [6.07, 6.45) is 0. The maximum atomic E-state index is 11.0. The molecule has 76 valence electrons. The van der Waals surface area contributed by atoms with Crippen LogP contribution in [0.3, 0.4) is 0 Å². The Balaban J connectivity index is 3.82. The first kappa shape index (κ1) is 12.5. The molecule has 0 saturated carbocycles. The summed E-state index contributed by atoms with van der Waals surface area (Å²) in [5, 5.41) is 0. The molecule has 0 N–H and O–H groups in total. The highest BCUT2D eigenvalue weighted by Gasteiger charge is 2.16. The van der Waals surface area contributed by atoms with Gasteiger partial charge >= 0.3 is 5.97 Å². The van der Waals surface area contributed by atoms with Crippen molar-refractivity contribution in [2.75, 3.05) is 13.2 Å². The van der Waals surface area contributed by atoms with Crippen LogP contribution in [0.4, 0.5) is 0 Å². The van der Waals surface area contributed by atoms with Crippen LogP contribution in [-0.4, -0.2) is 23.5 Å². The molecule has 0 rings (SSSR count). The Labute approximate surface area is 87.2 Å². The summed E-state index contributed by atoms with van der Waals surface area (Å²) in [6.45, 7) is 9.78. The lowest BCUT2D eigenvalue weighted by atomic mass is 10.2. The van der Waals surface area contributed by atoms with E-state index in [1.54, 1.807) is 6.92 Å². The minimum absolute atomic E-state index is 0.0503. The van der Waals surface area contributed by atoms with E-state index in [1.807, 2.05) is 13.8 Å². The summed E-state index contributed by atoms with van der Waals surface area (Å²) in [6, 6.07) is 0. The van der Waals surface area contributed by atoms with Crippen molar-refractivity contribution >= 4 is 21.9 Å². The Morgan fingerprint density at radius 3 is 2.38 bits per heavy atom. The van der Waals surface area contributed by atoms with Gasteiger partial charge in [0, 0.05) is 0 Å². The molecule has 0 unspecified atom stereocenters. The van der Waals surface area contributed by atoms with Crippen LogP contribution in [0.15, 0.2) is 12.3 Å². The quantitative estimate of drug-likeness (QED) is 0.325. The first-order valence-electron chi connectivity index (χ1n) is 4.04. The van der Waals surface area contributed by atoms with Crippen LogP contribution in [0.5, 0.6) is 0 Å². The number of alkyl halides is 1. The van der Waals surface area contributed by atoms with Gasteiger partial charge in [-0.2, -0.15) is 0 Å². The SMILES string of the molecule is C=C(OCC(C)(C)Br)C(=O)OCC. The van der Waals surface area contributed by atoms with Crippen LogP contribution < -0.4 is 0 Å².